The molecule has 17 heavy (non-hydrogen) atoms. The van der Waals surface area contributed by atoms with Crippen LogP contribution in [-0.2, 0) is 0 Å². The van der Waals surface area contributed by atoms with E-state index in [1.54, 1.807) is 0 Å². The zero-order valence-electron chi connectivity index (χ0n) is 8.77. The second kappa shape index (κ2) is 4.46. The van der Waals surface area contributed by atoms with Crippen LogP contribution in [0.25, 0.3) is 0 Å². The minimum absolute atomic E-state index is 0.0771. The van der Waals surface area contributed by atoms with E-state index in [1.165, 1.54) is 11.3 Å². The van der Waals surface area contributed by atoms with E-state index in [0.29, 0.717) is 5.13 Å². The smallest absolute Gasteiger partial charge is 0.339 e. The SMILES string of the molecule is Cc1csc(Nc2ncc(F)cc2C(=O)O)n1. The number of aromatic carboxylic acids is 1. The van der Waals surface area contributed by atoms with Crippen molar-refractivity contribution in [1.82, 2.24) is 9.97 Å². The molecule has 0 aliphatic carbocycles. The fourth-order valence-electron chi connectivity index (χ4n) is 1.21. The van der Waals surface area contributed by atoms with Gasteiger partial charge >= 0.3 is 5.97 Å². The predicted octanol–water partition coefficient (Wildman–Crippen LogP) is 2.43. The number of carbonyl (C=O) groups is 1. The molecule has 0 fully saturated rings. The summed E-state index contributed by atoms with van der Waals surface area (Å²) in [4.78, 5) is 18.7. The van der Waals surface area contributed by atoms with Crippen LogP contribution in [0, 0.1) is 12.7 Å². The summed E-state index contributed by atoms with van der Waals surface area (Å²) in [5.74, 6) is -1.86. The number of nitrogens with zero attached hydrogens (tertiary/aromatic N) is 2. The Labute approximate surface area is 100.0 Å². The number of carboxylic acid groups (broad SMARTS) is 1. The molecule has 2 heterocycles. The lowest BCUT2D eigenvalue weighted by Gasteiger charge is -2.05. The number of aryl methyl sites for hydroxylation is 1. The maximum absolute atomic E-state index is 12.9. The Balaban J connectivity index is 2.35. The molecule has 0 aromatic carbocycles. The summed E-state index contributed by atoms with van der Waals surface area (Å²) in [7, 11) is 0. The molecule has 0 atom stereocenters. The van der Waals surface area contributed by atoms with Gasteiger partial charge in [0.2, 0.25) is 0 Å². The standard InChI is InChI=1S/C10H8FN3O2S/c1-5-4-17-10(13-5)14-8-7(9(15)16)2-6(11)3-12-8/h2-4H,1H3,(H,15,16)(H,12,13,14). The Morgan fingerprint density at radius 2 is 2.35 bits per heavy atom. The van der Waals surface area contributed by atoms with Crippen LogP contribution in [0.2, 0.25) is 0 Å². The molecule has 2 rings (SSSR count). The molecule has 5 nitrogen and oxygen atoms in total. The van der Waals surface area contributed by atoms with Crippen molar-refractivity contribution in [1.29, 1.82) is 0 Å². The van der Waals surface area contributed by atoms with E-state index in [-0.39, 0.29) is 11.4 Å². The molecule has 0 saturated heterocycles. The molecule has 7 heteroatoms. The summed E-state index contributed by atoms with van der Waals surface area (Å²) in [6.07, 6.45) is 0.954. The number of rotatable bonds is 3. The van der Waals surface area contributed by atoms with Crippen molar-refractivity contribution in [2.24, 2.45) is 0 Å². The van der Waals surface area contributed by atoms with Crippen molar-refractivity contribution in [2.45, 2.75) is 6.92 Å². The van der Waals surface area contributed by atoms with Gasteiger partial charge in [0.25, 0.3) is 0 Å². The van der Waals surface area contributed by atoms with Gasteiger partial charge in [-0.15, -0.1) is 11.3 Å². The Bertz CT molecular complexity index is 570. The van der Waals surface area contributed by atoms with E-state index in [4.69, 9.17) is 5.11 Å². The minimum Gasteiger partial charge on any atom is -0.478 e. The van der Waals surface area contributed by atoms with Crippen molar-refractivity contribution < 1.29 is 14.3 Å². The first kappa shape index (κ1) is 11.5. The third-order valence-corrected chi connectivity index (χ3v) is 2.80. The maximum Gasteiger partial charge on any atom is 0.339 e. The molecule has 0 aliphatic rings. The third kappa shape index (κ3) is 2.56. The number of nitrogens with one attached hydrogen (secondary N) is 1. The zero-order chi connectivity index (χ0) is 12.4. The highest BCUT2D eigenvalue weighted by Gasteiger charge is 2.13. The molecule has 0 amide bonds. The van der Waals surface area contributed by atoms with Crippen LogP contribution < -0.4 is 5.32 Å². The normalized spacial score (nSPS) is 10.2. The van der Waals surface area contributed by atoms with Gasteiger partial charge in [-0.25, -0.2) is 19.2 Å². The molecule has 0 aliphatic heterocycles. The molecular formula is C10H8FN3O2S. The first-order valence-corrected chi connectivity index (χ1v) is 5.52. The molecular weight excluding hydrogens is 245 g/mol. The zero-order valence-corrected chi connectivity index (χ0v) is 9.58. The number of aromatic nitrogens is 2. The number of pyridine rings is 1. The average molecular weight is 253 g/mol. The predicted molar refractivity (Wildman–Crippen MR) is 61.3 cm³/mol. The lowest BCUT2D eigenvalue weighted by Crippen LogP contribution is -2.05. The molecule has 2 N–H and O–H groups in total. The van der Waals surface area contributed by atoms with Gasteiger partial charge in [0.1, 0.15) is 17.2 Å². The molecule has 2 aromatic rings. The van der Waals surface area contributed by atoms with Gasteiger partial charge in [0.15, 0.2) is 5.13 Å². The van der Waals surface area contributed by atoms with Gasteiger partial charge in [-0.3, -0.25) is 0 Å². The number of halogens is 1. The van der Waals surface area contributed by atoms with E-state index in [1.807, 2.05) is 12.3 Å². The first-order chi connectivity index (χ1) is 8.06. The van der Waals surface area contributed by atoms with Gasteiger partial charge in [0.05, 0.1) is 11.9 Å². The highest BCUT2D eigenvalue weighted by Crippen LogP contribution is 2.22. The summed E-state index contributed by atoms with van der Waals surface area (Å²) in [6, 6.07) is 0.915. The van der Waals surface area contributed by atoms with Crippen LogP contribution in [-0.4, -0.2) is 21.0 Å². The second-order valence-corrected chi connectivity index (χ2v) is 4.13. The monoisotopic (exact) mass is 253 g/mol. The van der Waals surface area contributed by atoms with E-state index in [0.717, 1.165) is 18.0 Å². The van der Waals surface area contributed by atoms with Crippen LogP contribution in [0.4, 0.5) is 15.3 Å². The number of hydrogen-bond donors (Lipinski definition) is 2. The number of anilines is 2. The molecule has 88 valence electrons. The van der Waals surface area contributed by atoms with Crippen molar-refractivity contribution >= 4 is 28.3 Å². The number of thiazole rings is 1. The van der Waals surface area contributed by atoms with Gasteiger partial charge < -0.3 is 10.4 Å². The fourth-order valence-corrected chi connectivity index (χ4v) is 1.90. The van der Waals surface area contributed by atoms with Gasteiger partial charge in [-0.2, -0.15) is 0 Å². The highest BCUT2D eigenvalue weighted by molar-refractivity contribution is 7.13. The van der Waals surface area contributed by atoms with E-state index < -0.39 is 11.8 Å². The van der Waals surface area contributed by atoms with E-state index >= 15 is 0 Å². The third-order valence-electron chi connectivity index (χ3n) is 1.93. The molecule has 0 unspecified atom stereocenters. The Morgan fingerprint density at radius 1 is 1.59 bits per heavy atom. The molecule has 0 bridgehead atoms. The maximum atomic E-state index is 12.9. The van der Waals surface area contributed by atoms with Gasteiger partial charge in [-0.05, 0) is 13.0 Å². The molecule has 2 aromatic heterocycles. The second-order valence-electron chi connectivity index (χ2n) is 3.27. The topological polar surface area (TPSA) is 75.1 Å². The van der Waals surface area contributed by atoms with E-state index in [2.05, 4.69) is 15.3 Å². The molecule has 0 saturated carbocycles. The van der Waals surface area contributed by atoms with Crippen molar-refractivity contribution in [3.05, 3.63) is 34.7 Å². The fraction of sp³-hybridized carbons (Fsp3) is 0.100. The minimum atomic E-state index is -1.24. The van der Waals surface area contributed by atoms with Crippen LogP contribution >= 0.6 is 11.3 Å². The lowest BCUT2D eigenvalue weighted by molar-refractivity contribution is 0.0697. The largest absolute Gasteiger partial charge is 0.478 e. The van der Waals surface area contributed by atoms with Crippen LogP contribution in [0.1, 0.15) is 16.1 Å². The van der Waals surface area contributed by atoms with Crippen molar-refractivity contribution in [2.75, 3.05) is 5.32 Å². The van der Waals surface area contributed by atoms with Crippen LogP contribution in [0.5, 0.6) is 0 Å². The summed E-state index contributed by atoms with van der Waals surface area (Å²) < 4.78 is 12.9. The quantitative estimate of drug-likeness (QED) is 0.878. The van der Waals surface area contributed by atoms with Crippen LogP contribution in [0.15, 0.2) is 17.6 Å². The Morgan fingerprint density at radius 3 is 2.94 bits per heavy atom. The van der Waals surface area contributed by atoms with Gasteiger partial charge in [-0.1, -0.05) is 0 Å². The summed E-state index contributed by atoms with van der Waals surface area (Å²) in [5, 5.41) is 14.0. The molecule has 0 radical (unpaired) electrons. The van der Waals surface area contributed by atoms with Gasteiger partial charge in [0, 0.05) is 5.38 Å². The summed E-state index contributed by atoms with van der Waals surface area (Å²) in [6.45, 7) is 1.82. The summed E-state index contributed by atoms with van der Waals surface area (Å²) >= 11 is 1.32. The highest BCUT2D eigenvalue weighted by atomic mass is 32.1. The van der Waals surface area contributed by atoms with Crippen molar-refractivity contribution in [3.63, 3.8) is 0 Å². The Hall–Kier alpha value is -2.02. The van der Waals surface area contributed by atoms with Crippen LogP contribution in [0.3, 0.4) is 0 Å². The summed E-state index contributed by atoms with van der Waals surface area (Å²) in [5.41, 5.74) is 0.592. The lowest BCUT2D eigenvalue weighted by atomic mass is 10.2. The average Bonchev–Trinajstić information content (AvgIpc) is 2.66. The first-order valence-electron chi connectivity index (χ1n) is 4.64. The number of hydrogen-bond acceptors (Lipinski definition) is 5. The molecule has 0 spiro atoms. The van der Waals surface area contributed by atoms with E-state index in [9.17, 15) is 9.18 Å². The Kier molecular flexibility index (Phi) is 3.01. The van der Waals surface area contributed by atoms with Crippen molar-refractivity contribution in [3.8, 4) is 0 Å². The number of carboxylic acids is 1.